The molecule has 0 saturated carbocycles. The monoisotopic (exact) mass is 381 g/mol. The van der Waals surface area contributed by atoms with Gasteiger partial charge in [-0.15, -0.1) is 0 Å². The number of likely N-dealkylation sites (N-methyl/N-ethyl adjacent to an activating group) is 1. The fourth-order valence-corrected chi connectivity index (χ4v) is 3.42. The lowest BCUT2D eigenvalue weighted by atomic mass is 10.0. The smallest absolute Gasteiger partial charge is 0.265 e. The van der Waals surface area contributed by atoms with Crippen LogP contribution in [0.1, 0.15) is 42.3 Å². The fraction of sp³-hybridized carbons (Fsp3) is 0.286. The van der Waals surface area contributed by atoms with E-state index in [9.17, 15) is 9.59 Å². The third-order valence-corrected chi connectivity index (χ3v) is 5.27. The molecule has 0 unspecified atom stereocenters. The van der Waals surface area contributed by atoms with Crippen LogP contribution in [0.5, 0.6) is 0 Å². The van der Waals surface area contributed by atoms with Crippen molar-refractivity contribution in [3.8, 4) is 5.69 Å². The maximum absolute atomic E-state index is 12.4. The number of amides is 2. The lowest BCUT2D eigenvalue weighted by Gasteiger charge is -2.25. The number of rotatable bonds is 3. The van der Waals surface area contributed by atoms with E-state index in [4.69, 9.17) is 12.2 Å². The Labute approximate surface area is 164 Å². The van der Waals surface area contributed by atoms with Crippen molar-refractivity contribution < 1.29 is 9.59 Å². The molecule has 1 aromatic heterocycles. The summed E-state index contributed by atoms with van der Waals surface area (Å²) in [5.74, 6) is -0.380. The highest BCUT2D eigenvalue weighted by molar-refractivity contribution is 7.80. The number of thiocarbonyl (C=S) groups is 1. The van der Waals surface area contributed by atoms with Gasteiger partial charge in [0.1, 0.15) is 5.57 Å². The maximum Gasteiger partial charge on any atom is 0.265 e. The number of nitrogens with zero attached hydrogens (tertiary/aromatic N) is 2. The van der Waals surface area contributed by atoms with Gasteiger partial charge < -0.3 is 4.57 Å². The number of nitrogens with one attached hydrogen (secondary N) is 1. The van der Waals surface area contributed by atoms with Crippen molar-refractivity contribution in [1.29, 1.82) is 0 Å². The maximum atomic E-state index is 12.4. The predicted molar refractivity (Wildman–Crippen MR) is 111 cm³/mol. The zero-order valence-electron chi connectivity index (χ0n) is 16.2. The first-order chi connectivity index (χ1) is 12.7. The second kappa shape index (κ2) is 7.12. The number of aryl methyl sites for hydroxylation is 1. The quantitative estimate of drug-likeness (QED) is 0.503. The summed E-state index contributed by atoms with van der Waals surface area (Å²) < 4.78 is 2.12. The van der Waals surface area contributed by atoms with Gasteiger partial charge in [0.05, 0.1) is 0 Å². The van der Waals surface area contributed by atoms with E-state index >= 15 is 0 Å². The fourth-order valence-electron chi connectivity index (χ4n) is 3.24. The molecule has 1 N–H and O–H groups in total. The summed E-state index contributed by atoms with van der Waals surface area (Å²) in [6.45, 7) is 8.32. The molecule has 1 aliphatic heterocycles. The second-order valence-electron chi connectivity index (χ2n) is 7.09. The highest BCUT2D eigenvalue weighted by atomic mass is 32.1. The largest absolute Gasteiger partial charge is 0.318 e. The lowest BCUT2D eigenvalue weighted by molar-refractivity contribution is -0.128. The Balaban J connectivity index is 2.02. The standard InChI is InChI=1S/C21H23N3O2S/c1-12(2)15-6-8-17(9-7-15)24-13(3)10-16(14(24)4)11-18-19(25)22-21(27)23(5)20(18)26/h6-12H,1-5H3,(H,22,25,27). The Kier molecular flexibility index (Phi) is 5.02. The zero-order valence-corrected chi connectivity index (χ0v) is 17.0. The number of aromatic nitrogens is 1. The van der Waals surface area contributed by atoms with Gasteiger partial charge in [-0.2, -0.15) is 0 Å². The van der Waals surface area contributed by atoms with Crippen LogP contribution in [0.2, 0.25) is 0 Å². The molecule has 0 atom stereocenters. The van der Waals surface area contributed by atoms with Crippen molar-refractivity contribution in [2.45, 2.75) is 33.6 Å². The zero-order chi connectivity index (χ0) is 19.9. The topological polar surface area (TPSA) is 54.3 Å². The van der Waals surface area contributed by atoms with E-state index in [1.54, 1.807) is 13.1 Å². The molecule has 6 heteroatoms. The molecule has 1 aliphatic rings. The van der Waals surface area contributed by atoms with Gasteiger partial charge in [-0.05, 0) is 67.4 Å². The number of hydrogen-bond acceptors (Lipinski definition) is 3. The van der Waals surface area contributed by atoms with Crippen LogP contribution in [0, 0.1) is 13.8 Å². The molecule has 140 valence electrons. The van der Waals surface area contributed by atoms with Crippen molar-refractivity contribution in [3.05, 3.63) is 58.4 Å². The summed E-state index contributed by atoms with van der Waals surface area (Å²) in [5.41, 5.74) is 5.25. The second-order valence-corrected chi connectivity index (χ2v) is 7.48. The first-order valence-corrected chi connectivity index (χ1v) is 9.26. The normalized spacial score (nSPS) is 16.4. The third-order valence-electron chi connectivity index (χ3n) is 4.89. The molecule has 1 fully saturated rings. The Morgan fingerprint density at radius 2 is 1.74 bits per heavy atom. The van der Waals surface area contributed by atoms with Crippen LogP contribution < -0.4 is 5.32 Å². The molecule has 2 heterocycles. The van der Waals surface area contributed by atoms with Crippen LogP contribution in [-0.4, -0.2) is 33.4 Å². The molecule has 1 aromatic carbocycles. The highest BCUT2D eigenvalue weighted by Crippen LogP contribution is 2.25. The van der Waals surface area contributed by atoms with Crippen LogP contribution >= 0.6 is 12.2 Å². The van der Waals surface area contributed by atoms with Crippen LogP contribution in [0.15, 0.2) is 35.9 Å². The third kappa shape index (κ3) is 3.45. The molecule has 3 rings (SSSR count). The molecule has 5 nitrogen and oxygen atoms in total. The number of benzene rings is 1. The highest BCUT2D eigenvalue weighted by Gasteiger charge is 2.31. The molecule has 0 aliphatic carbocycles. The van der Waals surface area contributed by atoms with E-state index < -0.39 is 11.8 Å². The lowest BCUT2D eigenvalue weighted by Crippen LogP contribution is -2.52. The van der Waals surface area contributed by atoms with E-state index in [0.717, 1.165) is 22.6 Å². The minimum atomic E-state index is -0.464. The van der Waals surface area contributed by atoms with E-state index in [0.29, 0.717) is 5.92 Å². The van der Waals surface area contributed by atoms with Crippen molar-refractivity contribution in [2.24, 2.45) is 0 Å². The van der Waals surface area contributed by atoms with Gasteiger partial charge in [0.25, 0.3) is 11.8 Å². The Morgan fingerprint density at radius 1 is 1.11 bits per heavy atom. The van der Waals surface area contributed by atoms with E-state index in [1.807, 2.05) is 19.9 Å². The number of carbonyl (C=O) groups excluding carboxylic acids is 2. The van der Waals surface area contributed by atoms with Gasteiger partial charge in [0, 0.05) is 24.1 Å². The Morgan fingerprint density at radius 3 is 2.33 bits per heavy atom. The van der Waals surface area contributed by atoms with Crippen LogP contribution in [0.4, 0.5) is 0 Å². The summed E-state index contributed by atoms with van der Waals surface area (Å²) in [6, 6.07) is 10.4. The minimum Gasteiger partial charge on any atom is -0.318 e. The first kappa shape index (κ1) is 19.0. The van der Waals surface area contributed by atoms with Crippen molar-refractivity contribution in [3.63, 3.8) is 0 Å². The molecule has 0 radical (unpaired) electrons. The SMILES string of the molecule is Cc1cc(C=C2C(=O)NC(=S)N(C)C2=O)c(C)n1-c1ccc(C(C)C)cc1. The molecule has 2 aromatic rings. The molecule has 2 amide bonds. The van der Waals surface area contributed by atoms with Crippen LogP contribution in [0.3, 0.4) is 0 Å². The molecular formula is C21H23N3O2S. The first-order valence-electron chi connectivity index (χ1n) is 8.85. The van der Waals surface area contributed by atoms with Crippen LogP contribution in [0.25, 0.3) is 11.8 Å². The van der Waals surface area contributed by atoms with Gasteiger partial charge in [0.15, 0.2) is 5.11 Å². The van der Waals surface area contributed by atoms with Gasteiger partial charge in [0.2, 0.25) is 0 Å². The number of carbonyl (C=O) groups is 2. The van der Waals surface area contributed by atoms with E-state index in [1.165, 1.54) is 10.5 Å². The van der Waals surface area contributed by atoms with Gasteiger partial charge in [-0.3, -0.25) is 19.8 Å². The minimum absolute atomic E-state index is 0.0847. The summed E-state index contributed by atoms with van der Waals surface area (Å²) in [4.78, 5) is 25.9. The molecular weight excluding hydrogens is 358 g/mol. The molecule has 0 spiro atoms. The summed E-state index contributed by atoms with van der Waals surface area (Å²) in [6.07, 6.45) is 1.64. The van der Waals surface area contributed by atoms with Crippen molar-refractivity contribution in [2.75, 3.05) is 7.05 Å². The van der Waals surface area contributed by atoms with Gasteiger partial charge in [-0.25, -0.2) is 0 Å². The predicted octanol–water partition coefficient (Wildman–Crippen LogP) is 3.47. The molecule has 27 heavy (non-hydrogen) atoms. The van der Waals surface area contributed by atoms with Crippen molar-refractivity contribution in [1.82, 2.24) is 14.8 Å². The van der Waals surface area contributed by atoms with E-state index in [-0.39, 0.29) is 10.7 Å². The van der Waals surface area contributed by atoms with Gasteiger partial charge >= 0.3 is 0 Å². The molecule has 0 bridgehead atoms. The van der Waals surface area contributed by atoms with E-state index in [2.05, 4.69) is 48.0 Å². The summed E-state index contributed by atoms with van der Waals surface area (Å²) >= 11 is 4.99. The van der Waals surface area contributed by atoms with Gasteiger partial charge in [-0.1, -0.05) is 26.0 Å². The summed E-state index contributed by atoms with van der Waals surface area (Å²) in [5, 5.41) is 2.66. The van der Waals surface area contributed by atoms with Crippen LogP contribution in [-0.2, 0) is 9.59 Å². The average Bonchev–Trinajstić information content (AvgIpc) is 2.90. The summed E-state index contributed by atoms with van der Waals surface area (Å²) in [7, 11) is 1.55. The Hall–Kier alpha value is -2.73. The average molecular weight is 382 g/mol. The Bertz CT molecular complexity index is 968. The van der Waals surface area contributed by atoms with Crippen molar-refractivity contribution >= 4 is 35.2 Å². The number of hydrogen-bond donors (Lipinski definition) is 1. The molecule has 1 saturated heterocycles.